The van der Waals surface area contributed by atoms with Gasteiger partial charge in [-0.05, 0) is 42.0 Å². The van der Waals surface area contributed by atoms with Gasteiger partial charge >= 0.3 is 0 Å². The smallest absolute Gasteiger partial charge is 0.264 e. The molecule has 36 heavy (non-hydrogen) atoms. The Labute approximate surface area is 212 Å². The third-order valence-corrected chi connectivity index (χ3v) is 7.73. The van der Waals surface area contributed by atoms with E-state index in [1.54, 1.807) is 42.6 Å². The zero-order valence-corrected chi connectivity index (χ0v) is 20.5. The average molecular weight is 496 g/mol. The summed E-state index contributed by atoms with van der Waals surface area (Å²) in [4.78, 5) is 21.5. The molecule has 1 saturated heterocycles. The minimum absolute atomic E-state index is 0.0604. The molecule has 1 N–H and O–H groups in total. The Balaban J connectivity index is 1.21. The molecular weight excluding hydrogens is 471 g/mol. The number of pyridine rings is 1. The first-order valence-electron chi connectivity index (χ1n) is 11.7. The van der Waals surface area contributed by atoms with E-state index in [0.29, 0.717) is 29.9 Å². The van der Waals surface area contributed by atoms with Crippen molar-refractivity contribution in [3.05, 3.63) is 96.2 Å². The molecule has 4 aromatic rings. The van der Waals surface area contributed by atoms with Crippen LogP contribution in [0.15, 0.2) is 90.0 Å². The number of hydrogen-bond acceptors (Lipinski definition) is 5. The van der Waals surface area contributed by atoms with Crippen LogP contribution >= 0.6 is 0 Å². The van der Waals surface area contributed by atoms with Crippen molar-refractivity contribution in [2.24, 2.45) is 0 Å². The van der Waals surface area contributed by atoms with Crippen LogP contribution in [0.5, 0.6) is 0 Å². The molecule has 0 atom stereocenters. The van der Waals surface area contributed by atoms with Gasteiger partial charge in [0.25, 0.3) is 15.9 Å². The van der Waals surface area contributed by atoms with Crippen LogP contribution in [0.3, 0.4) is 0 Å². The van der Waals surface area contributed by atoms with E-state index in [2.05, 4.69) is 14.6 Å². The number of amides is 1. The molecule has 9 heteroatoms. The first-order chi connectivity index (χ1) is 17.4. The number of anilines is 1. The van der Waals surface area contributed by atoms with E-state index < -0.39 is 10.0 Å². The predicted octanol–water partition coefficient (Wildman–Crippen LogP) is 2.79. The molecule has 2 heterocycles. The van der Waals surface area contributed by atoms with Crippen LogP contribution in [0.1, 0.15) is 15.9 Å². The zero-order valence-electron chi connectivity index (χ0n) is 19.7. The summed E-state index contributed by atoms with van der Waals surface area (Å²) in [5.41, 5.74) is 3.26. The lowest BCUT2D eigenvalue weighted by atomic mass is 9.95. The van der Waals surface area contributed by atoms with Gasteiger partial charge in [0.1, 0.15) is 12.7 Å². The Morgan fingerprint density at radius 1 is 0.889 bits per heavy atom. The van der Waals surface area contributed by atoms with E-state index in [1.807, 2.05) is 41.3 Å². The van der Waals surface area contributed by atoms with Crippen LogP contribution in [0.2, 0.25) is 0 Å². The van der Waals surface area contributed by atoms with Gasteiger partial charge in [0, 0.05) is 55.6 Å². The summed E-state index contributed by atoms with van der Waals surface area (Å²) in [5, 5.41) is 0.745. The minimum atomic E-state index is -3.85. The quantitative estimate of drug-likeness (QED) is 0.416. The maximum absolute atomic E-state index is 13.0. The number of rotatable bonds is 6. The zero-order chi connectivity index (χ0) is 25.1. The topological polar surface area (TPSA) is 82.6 Å². The number of carbonyl (C=O) groups excluding carboxylic acids is 1. The molecule has 0 spiro atoms. The summed E-state index contributed by atoms with van der Waals surface area (Å²) < 4.78 is 28.6. The van der Waals surface area contributed by atoms with E-state index in [9.17, 15) is 13.2 Å². The number of aromatic nitrogens is 1. The number of hydrogen-bond donors (Lipinski definition) is 1. The highest BCUT2D eigenvalue weighted by Gasteiger charge is 2.23. The van der Waals surface area contributed by atoms with Crippen molar-refractivity contribution in [1.29, 1.82) is 0 Å². The van der Waals surface area contributed by atoms with Gasteiger partial charge in [0.15, 0.2) is 0 Å². The number of para-hydroxylation sites is 1. The van der Waals surface area contributed by atoms with Gasteiger partial charge in [-0.3, -0.25) is 19.4 Å². The lowest BCUT2D eigenvalue weighted by Gasteiger charge is -2.34. The van der Waals surface area contributed by atoms with Crippen LogP contribution in [0.25, 0.3) is 10.9 Å². The van der Waals surface area contributed by atoms with Gasteiger partial charge in [-0.2, -0.15) is 0 Å². The lowest BCUT2D eigenvalue weighted by Crippen LogP contribution is -2.48. The van der Waals surface area contributed by atoms with E-state index in [1.165, 1.54) is 11.6 Å². The van der Waals surface area contributed by atoms with E-state index in [-0.39, 0.29) is 10.8 Å². The second-order valence-electron chi connectivity index (χ2n) is 8.82. The van der Waals surface area contributed by atoms with Crippen molar-refractivity contribution in [3.8, 4) is 0 Å². The first-order valence-corrected chi connectivity index (χ1v) is 13.2. The number of nitrogens with one attached hydrogen (secondary N) is 1. The summed E-state index contributed by atoms with van der Waals surface area (Å²) in [6, 6.07) is 23.0. The monoisotopic (exact) mass is 496 g/mol. The number of sulfonamides is 1. The molecule has 1 fully saturated rings. The predicted molar refractivity (Wildman–Crippen MR) is 142 cm³/mol. The van der Waals surface area contributed by atoms with Crippen LogP contribution in [0, 0.1) is 0 Å². The molecule has 0 saturated carbocycles. The molecule has 5 rings (SSSR count). The number of fused-ring (bicyclic) bond motifs is 1. The fourth-order valence-corrected chi connectivity index (χ4v) is 5.60. The largest absolute Gasteiger partial charge is 0.336 e. The highest BCUT2D eigenvalue weighted by atomic mass is 32.2. The van der Waals surface area contributed by atoms with E-state index >= 15 is 0 Å². The number of benzene rings is 3. The van der Waals surface area contributed by atoms with Crippen LogP contribution in [-0.2, 0) is 16.6 Å². The molecule has 1 aliphatic heterocycles. The van der Waals surface area contributed by atoms with Crippen molar-refractivity contribution in [1.82, 2.24) is 14.8 Å². The Morgan fingerprint density at radius 2 is 1.58 bits per heavy atom. The number of piperazine rings is 1. The summed E-state index contributed by atoms with van der Waals surface area (Å²) in [6.45, 7) is 3.66. The van der Waals surface area contributed by atoms with Crippen LogP contribution < -0.4 is 10.2 Å². The lowest BCUT2D eigenvalue weighted by molar-refractivity contribution is 0.0628. The molecule has 7 nitrogen and oxygen atoms in total. The highest BCUT2D eigenvalue weighted by Crippen LogP contribution is 2.23. The van der Waals surface area contributed by atoms with E-state index in [4.69, 9.17) is 7.85 Å². The Bertz CT molecular complexity index is 1480. The van der Waals surface area contributed by atoms with Crippen molar-refractivity contribution >= 4 is 45.8 Å². The first kappa shape index (κ1) is 24.0. The second kappa shape index (κ2) is 10.1. The van der Waals surface area contributed by atoms with E-state index in [0.717, 1.165) is 30.5 Å². The number of nitrogens with zero attached hydrogens (tertiary/aromatic N) is 3. The maximum Gasteiger partial charge on any atom is 0.264 e. The third kappa shape index (κ3) is 5.27. The Hall–Kier alpha value is -3.69. The molecule has 0 bridgehead atoms. The van der Waals surface area contributed by atoms with Crippen molar-refractivity contribution in [2.45, 2.75) is 11.4 Å². The standard InChI is InChI=1S/C27H25BN4O3S/c28-23-10-6-20(7-11-23)19-31-15-17-32(18-16-31)27(33)22-8-12-24(13-9-22)30-36(34,35)25-5-1-3-21-4-2-14-29-26(21)25/h1-14,30H,15-19H2. The molecule has 2 radical (unpaired) electrons. The molecule has 1 aromatic heterocycles. The molecule has 1 amide bonds. The fraction of sp³-hybridized carbons (Fsp3) is 0.185. The van der Waals surface area contributed by atoms with Crippen LogP contribution in [-0.4, -0.2) is 63.1 Å². The summed E-state index contributed by atoms with van der Waals surface area (Å²) in [6.07, 6.45) is 1.57. The normalized spacial score (nSPS) is 14.6. The van der Waals surface area contributed by atoms with Gasteiger partial charge in [0.2, 0.25) is 0 Å². The highest BCUT2D eigenvalue weighted by molar-refractivity contribution is 7.93. The van der Waals surface area contributed by atoms with Crippen molar-refractivity contribution in [2.75, 3.05) is 30.9 Å². The Kier molecular flexibility index (Phi) is 6.76. The molecule has 180 valence electrons. The fourth-order valence-electron chi connectivity index (χ4n) is 4.36. The van der Waals surface area contributed by atoms with Gasteiger partial charge < -0.3 is 4.90 Å². The average Bonchev–Trinajstić information content (AvgIpc) is 2.90. The molecular formula is C27H25BN4O3S. The van der Waals surface area contributed by atoms with Crippen molar-refractivity contribution < 1.29 is 13.2 Å². The molecule has 0 unspecified atom stereocenters. The van der Waals surface area contributed by atoms with Crippen molar-refractivity contribution in [3.63, 3.8) is 0 Å². The van der Waals surface area contributed by atoms with Gasteiger partial charge in [-0.1, -0.05) is 47.9 Å². The molecule has 3 aromatic carbocycles. The van der Waals surface area contributed by atoms with Crippen LogP contribution in [0.4, 0.5) is 5.69 Å². The summed E-state index contributed by atoms with van der Waals surface area (Å²) in [5.74, 6) is -0.0604. The molecule has 1 aliphatic rings. The van der Waals surface area contributed by atoms with Gasteiger partial charge in [-0.15, -0.1) is 0 Å². The minimum Gasteiger partial charge on any atom is -0.336 e. The number of carbonyl (C=O) groups is 1. The van der Waals surface area contributed by atoms with Gasteiger partial charge in [-0.25, -0.2) is 8.42 Å². The molecule has 0 aliphatic carbocycles. The Morgan fingerprint density at radius 3 is 2.31 bits per heavy atom. The summed E-state index contributed by atoms with van der Waals surface area (Å²) in [7, 11) is 1.91. The van der Waals surface area contributed by atoms with Gasteiger partial charge in [0.05, 0.1) is 5.52 Å². The maximum atomic E-state index is 13.0. The third-order valence-electron chi connectivity index (χ3n) is 6.31. The second-order valence-corrected chi connectivity index (χ2v) is 10.5. The summed E-state index contributed by atoms with van der Waals surface area (Å²) >= 11 is 0. The SMILES string of the molecule is [B]c1ccc(CN2CCN(C(=O)c3ccc(NS(=O)(=O)c4cccc5cccnc45)cc3)CC2)cc1.